The standard InChI is InChI=1S/C18H35NO4Si/c1-17(2,3)23-16(21)19-11-9-15(20)14(13-19)10-12-22-24(7,8)18(4,5)6/h14H,9-13H2,1-8H3. The Balaban J connectivity index is 2.55. The van der Waals surface area contributed by atoms with Crippen LogP contribution in [0.15, 0.2) is 0 Å². The number of hydrogen-bond donors (Lipinski definition) is 0. The third-order valence-electron chi connectivity index (χ3n) is 4.91. The number of amides is 1. The van der Waals surface area contributed by atoms with Gasteiger partial charge in [0, 0.05) is 32.0 Å². The lowest BCUT2D eigenvalue weighted by molar-refractivity contribution is -0.126. The number of ether oxygens (including phenoxy) is 1. The second-order valence-corrected chi connectivity index (χ2v) is 14.0. The van der Waals surface area contributed by atoms with Gasteiger partial charge in [-0.2, -0.15) is 0 Å². The van der Waals surface area contributed by atoms with Gasteiger partial charge in [-0.25, -0.2) is 4.79 Å². The highest BCUT2D eigenvalue weighted by Crippen LogP contribution is 2.36. The van der Waals surface area contributed by atoms with E-state index in [-0.39, 0.29) is 22.8 Å². The highest BCUT2D eigenvalue weighted by Gasteiger charge is 2.38. The van der Waals surface area contributed by atoms with E-state index < -0.39 is 13.9 Å². The Labute approximate surface area is 148 Å². The van der Waals surface area contributed by atoms with Gasteiger partial charge in [-0.05, 0) is 45.3 Å². The molecule has 24 heavy (non-hydrogen) atoms. The van der Waals surface area contributed by atoms with Gasteiger partial charge in [-0.3, -0.25) is 4.79 Å². The SMILES string of the molecule is CC(C)(C)OC(=O)N1CCC(=O)C(CCO[Si](C)(C)C(C)(C)C)C1. The molecule has 1 amide bonds. The zero-order valence-corrected chi connectivity index (χ0v) is 17.7. The first-order chi connectivity index (χ1) is 10.7. The molecule has 0 aromatic carbocycles. The van der Waals surface area contributed by atoms with Gasteiger partial charge in [-0.1, -0.05) is 20.8 Å². The monoisotopic (exact) mass is 357 g/mol. The third-order valence-corrected chi connectivity index (χ3v) is 9.45. The number of Topliss-reactive ketones (excluding diaryl/α,β-unsaturated/α-hetero) is 1. The topological polar surface area (TPSA) is 55.8 Å². The Morgan fingerprint density at radius 1 is 1.21 bits per heavy atom. The van der Waals surface area contributed by atoms with Crippen molar-refractivity contribution in [1.82, 2.24) is 4.90 Å². The van der Waals surface area contributed by atoms with Crippen LogP contribution in [-0.4, -0.2) is 50.4 Å². The first-order valence-electron chi connectivity index (χ1n) is 8.87. The number of likely N-dealkylation sites (tertiary alicyclic amines) is 1. The Bertz CT molecular complexity index is 463. The average molecular weight is 358 g/mol. The zero-order valence-electron chi connectivity index (χ0n) is 16.7. The van der Waals surface area contributed by atoms with E-state index in [2.05, 4.69) is 33.9 Å². The van der Waals surface area contributed by atoms with Crippen molar-refractivity contribution in [2.24, 2.45) is 5.92 Å². The summed E-state index contributed by atoms with van der Waals surface area (Å²) in [5.41, 5.74) is -0.514. The lowest BCUT2D eigenvalue weighted by Crippen LogP contribution is -2.47. The molecule has 6 heteroatoms. The molecular weight excluding hydrogens is 322 g/mol. The van der Waals surface area contributed by atoms with Crippen LogP contribution < -0.4 is 0 Å². The molecule has 1 fully saturated rings. The van der Waals surface area contributed by atoms with Crippen molar-refractivity contribution in [3.63, 3.8) is 0 Å². The van der Waals surface area contributed by atoms with E-state index in [0.29, 0.717) is 32.5 Å². The molecule has 0 bridgehead atoms. The van der Waals surface area contributed by atoms with Crippen LogP contribution in [0.4, 0.5) is 4.79 Å². The maximum absolute atomic E-state index is 12.2. The smallest absolute Gasteiger partial charge is 0.410 e. The van der Waals surface area contributed by atoms with Crippen molar-refractivity contribution >= 4 is 20.2 Å². The second kappa shape index (κ2) is 7.56. The average Bonchev–Trinajstić information content (AvgIpc) is 2.37. The minimum absolute atomic E-state index is 0.143. The minimum atomic E-state index is -1.80. The number of carbonyl (C=O) groups excluding carboxylic acids is 2. The van der Waals surface area contributed by atoms with Gasteiger partial charge in [-0.15, -0.1) is 0 Å². The van der Waals surface area contributed by atoms with Crippen LogP contribution in [0, 0.1) is 5.92 Å². The van der Waals surface area contributed by atoms with Crippen LogP contribution >= 0.6 is 0 Å². The van der Waals surface area contributed by atoms with Gasteiger partial charge in [0.1, 0.15) is 11.4 Å². The predicted octanol–water partition coefficient (Wildman–Crippen LogP) is 4.22. The summed E-state index contributed by atoms with van der Waals surface area (Å²) >= 11 is 0. The number of rotatable bonds is 4. The van der Waals surface area contributed by atoms with Gasteiger partial charge < -0.3 is 14.1 Å². The molecule has 0 N–H and O–H groups in total. The summed E-state index contributed by atoms with van der Waals surface area (Å²) in [7, 11) is -1.80. The molecular formula is C18H35NO4Si. The molecule has 0 saturated carbocycles. The molecule has 1 aliphatic rings. The van der Waals surface area contributed by atoms with Crippen molar-refractivity contribution in [2.75, 3.05) is 19.7 Å². The molecule has 1 aliphatic heterocycles. The van der Waals surface area contributed by atoms with E-state index >= 15 is 0 Å². The molecule has 1 unspecified atom stereocenters. The lowest BCUT2D eigenvalue weighted by Gasteiger charge is -2.37. The molecule has 0 aromatic rings. The summed E-state index contributed by atoms with van der Waals surface area (Å²) < 4.78 is 11.6. The van der Waals surface area contributed by atoms with Crippen LogP contribution in [0.25, 0.3) is 0 Å². The largest absolute Gasteiger partial charge is 0.444 e. The van der Waals surface area contributed by atoms with Gasteiger partial charge >= 0.3 is 6.09 Å². The fraction of sp³-hybridized carbons (Fsp3) is 0.889. The number of carbonyl (C=O) groups is 2. The summed E-state index contributed by atoms with van der Waals surface area (Å²) in [6.07, 6.45) is 0.750. The summed E-state index contributed by atoms with van der Waals surface area (Å²) in [5.74, 6) is 0.0877. The van der Waals surface area contributed by atoms with E-state index in [0.717, 1.165) is 0 Å². The molecule has 0 aromatic heterocycles. The molecule has 5 nitrogen and oxygen atoms in total. The third kappa shape index (κ3) is 6.20. The molecule has 1 heterocycles. The van der Waals surface area contributed by atoms with Gasteiger partial charge in [0.15, 0.2) is 8.32 Å². The first-order valence-corrected chi connectivity index (χ1v) is 11.8. The predicted molar refractivity (Wildman–Crippen MR) is 98.7 cm³/mol. The van der Waals surface area contributed by atoms with Crippen molar-refractivity contribution in [3.05, 3.63) is 0 Å². The fourth-order valence-corrected chi connectivity index (χ4v) is 3.39. The normalized spacial score (nSPS) is 20.2. The molecule has 1 rings (SSSR count). The first kappa shape index (κ1) is 21.2. The zero-order chi connectivity index (χ0) is 18.8. The number of hydrogen-bond acceptors (Lipinski definition) is 4. The minimum Gasteiger partial charge on any atom is -0.444 e. The second-order valence-electron chi connectivity index (χ2n) is 9.24. The van der Waals surface area contributed by atoms with E-state index in [1.807, 2.05) is 20.8 Å². The number of ketones is 1. The summed E-state index contributed by atoms with van der Waals surface area (Å²) in [6.45, 7) is 18.1. The maximum Gasteiger partial charge on any atom is 0.410 e. The van der Waals surface area contributed by atoms with Gasteiger partial charge in [0.25, 0.3) is 0 Å². The number of piperidine rings is 1. The van der Waals surface area contributed by atoms with E-state index in [4.69, 9.17) is 9.16 Å². The Morgan fingerprint density at radius 3 is 2.29 bits per heavy atom. The maximum atomic E-state index is 12.2. The molecule has 1 atom stereocenters. The summed E-state index contributed by atoms with van der Waals surface area (Å²) in [5, 5.41) is 0.159. The van der Waals surface area contributed by atoms with Crippen molar-refractivity contribution < 1.29 is 18.8 Å². The van der Waals surface area contributed by atoms with Crippen LogP contribution in [0.5, 0.6) is 0 Å². The lowest BCUT2D eigenvalue weighted by atomic mass is 9.94. The van der Waals surface area contributed by atoms with Crippen LogP contribution in [0.2, 0.25) is 18.1 Å². The van der Waals surface area contributed by atoms with Crippen LogP contribution in [-0.2, 0) is 14.0 Å². The quantitative estimate of drug-likeness (QED) is 0.707. The Morgan fingerprint density at radius 2 is 1.79 bits per heavy atom. The Kier molecular flexibility index (Phi) is 6.67. The Hall–Kier alpha value is -0.883. The highest BCUT2D eigenvalue weighted by molar-refractivity contribution is 6.74. The van der Waals surface area contributed by atoms with Gasteiger partial charge in [0.05, 0.1) is 0 Å². The van der Waals surface area contributed by atoms with Crippen molar-refractivity contribution in [2.45, 2.75) is 78.1 Å². The van der Waals surface area contributed by atoms with Gasteiger partial charge in [0.2, 0.25) is 0 Å². The fourth-order valence-electron chi connectivity index (χ4n) is 2.33. The van der Waals surface area contributed by atoms with E-state index in [1.54, 1.807) is 4.90 Å². The summed E-state index contributed by atoms with van der Waals surface area (Å²) in [4.78, 5) is 26.0. The molecule has 0 radical (unpaired) electrons. The van der Waals surface area contributed by atoms with Crippen molar-refractivity contribution in [3.8, 4) is 0 Å². The van der Waals surface area contributed by atoms with E-state index in [1.165, 1.54) is 0 Å². The molecule has 140 valence electrons. The summed E-state index contributed by atoms with van der Waals surface area (Å²) in [6, 6.07) is 0. The van der Waals surface area contributed by atoms with Crippen LogP contribution in [0.1, 0.15) is 54.4 Å². The van der Waals surface area contributed by atoms with Crippen LogP contribution in [0.3, 0.4) is 0 Å². The van der Waals surface area contributed by atoms with E-state index in [9.17, 15) is 9.59 Å². The number of nitrogens with zero attached hydrogens (tertiary/aromatic N) is 1. The highest BCUT2D eigenvalue weighted by atomic mass is 28.4. The molecule has 0 aliphatic carbocycles. The molecule has 1 saturated heterocycles. The molecule has 0 spiro atoms. The van der Waals surface area contributed by atoms with Crippen molar-refractivity contribution in [1.29, 1.82) is 0 Å².